The number of nitrogens with zero attached hydrogens (tertiary/aromatic N) is 3. The predicted molar refractivity (Wildman–Crippen MR) is 69.6 cm³/mol. The van der Waals surface area contributed by atoms with E-state index in [1.165, 1.54) is 9.36 Å². The van der Waals surface area contributed by atoms with Crippen molar-refractivity contribution in [3.05, 3.63) is 51.3 Å². The van der Waals surface area contributed by atoms with Crippen LogP contribution >= 0.6 is 0 Å². The maximum atomic E-state index is 12.4. The first-order valence-corrected chi connectivity index (χ1v) is 6.34. The summed E-state index contributed by atoms with van der Waals surface area (Å²) in [5.74, 6) is 0. The Hall–Kier alpha value is -2.08. The van der Waals surface area contributed by atoms with Crippen molar-refractivity contribution in [3.63, 3.8) is 0 Å². The van der Waals surface area contributed by atoms with Crippen LogP contribution in [0.2, 0.25) is 0 Å². The third-order valence-electron chi connectivity index (χ3n) is 3.54. The second kappa shape index (κ2) is 4.55. The lowest BCUT2D eigenvalue weighted by atomic mass is 10.1. The van der Waals surface area contributed by atoms with Crippen LogP contribution in [-0.4, -0.2) is 25.6 Å². The van der Waals surface area contributed by atoms with Crippen LogP contribution in [0.15, 0.2) is 39.9 Å². The number of fused-ring (bicyclic) bond motifs is 1. The van der Waals surface area contributed by atoms with E-state index in [-0.39, 0.29) is 24.0 Å². The molecule has 1 N–H and O–H groups in total. The lowest BCUT2D eigenvalue weighted by Crippen LogP contribution is -2.36. The van der Waals surface area contributed by atoms with Gasteiger partial charge in [0.25, 0.3) is 0 Å². The first kappa shape index (κ1) is 12.0. The molecule has 19 heavy (non-hydrogen) atoms. The Morgan fingerprint density at radius 1 is 1.16 bits per heavy atom. The van der Waals surface area contributed by atoms with Crippen molar-refractivity contribution in [3.8, 4) is 5.69 Å². The Balaban J connectivity index is 2.27. The van der Waals surface area contributed by atoms with Gasteiger partial charge in [-0.05, 0) is 25.0 Å². The Labute approximate surface area is 109 Å². The minimum atomic E-state index is -0.380. The fourth-order valence-corrected chi connectivity index (χ4v) is 2.62. The van der Waals surface area contributed by atoms with Gasteiger partial charge >= 0.3 is 11.4 Å². The Morgan fingerprint density at radius 3 is 2.58 bits per heavy atom. The van der Waals surface area contributed by atoms with Crippen molar-refractivity contribution < 1.29 is 5.11 Å². The summed E-state index contributed by atoms with van der Waals surface area (Å²) in [6.07, 6.45) is 1.51. The summed E-state index contributed by atoms with van der Waals surface area (Å²) in [7, 11) is 0. The maximum Gasteiger partial charge on any atom is 0.352 e. The second-order valence-electron chi connectivity index (χ2n) is 4.68. The van der Waals surface area contributed by atoms with Gasteiger partial charge in [-0.25, -0.2) is 23.5 Å². The van der Waals surface area contributed by atoms with E-state index in [0.717, 1.165) is 11.0 Å². The molecule has 1 aliphatic heterocycles. The third kappa shape index (κ3) is 1.76. The molecule has 0 saturated carbocycles. The molecule has 0 spiro atoms. The SMILES string of the molecule is O=c1n(-c2ccccc2)c(=O)n2n1CCC[C@H]2CO. The minimum Gasteiger partial charge on any atom is -0.394 e. The van der Waals surface area contributed by atoms with Gasteiger partial charge in [-0.3, -0.25) is 0 Å². The van der Waals surface area contributed by atoms with Crippen LogP contribution < -0.4 is 11.4 Å². The van der Waals surface area contributed by atoms with Gasteiger partial charge < -0.3 is 5.11 Å². The molecule has 0 radical (unpaired) electrons. The number of para-hydroxylation sites is 1. The first-order chi connectivity index (χ1) is 9.24. The molecule has 2 heterocycles. The summed E-state index contributed by atoms with van der Waals surface area (Å²) >= 11 is 0. The summed E-state index contributed by atoms with van der Waals surface area (Å²) in [4.78, 5) is 24.7. The fourth-order valence-electron chi connectivity index (χ4n) is 2.62. The molecule has 1 atom stereocenters. The lowest BCUT2D eigenvalue weighted by Gasteiger charge is -2.23. The Kier molecular flexibility index (Phi) is 2.87. The smallest absolute Gasteiger partial charge is 0.352 e. The van der Waals surface area contributed by atoms with Gasteiger partial charge in [0.1, 0.15) is 0 Å². The molecular weight excluding hydrogens is 246 g/mol. The van der Waals surface area contributed by atoms with Crippen LogP contribution in [0.25, 0.3) is 5.69 Å². The standard InChI is InChI=1S/C13H15N3O3/c17-9-11-7-4-8-14-12(18)15(13(19)16(11)14)10-5-2-1-3-6-10/h1-3,5-6,11,17H,4,7-9H2/t11-/m0/s1. The van der Waals surface area contributed by atoms with Gasteiger partial charge in [-0.1, -0.05) is 18.2 Å². The highest BCUT2D eigenvalue weighted by Gasteiger charge is 2.26. The summed E-state index contributed by atoms with van der Waals surface area (Å²) in [6, 6.07) is 8.54. The summed E-state index contributed by atoms with van der Waals surface area (Å²) in [6.45, 7) is 0.391. The molecule has 0 saturated heterocycles. The highest BCUT2D eigenvalue weighted by molar-refractivity contribution is 5.30. The highest BCUT2D eigenvalue weighted by Crippen LogP contribution is 2.16. The van der Waals surface area contributed by atoms with Crippen molar-refractivity contribution in [2.75, 3.05) is 6.61 Å². The molecule has 2 aromatic rings. The molecule has 1 aromatic carbocycles. The largest absolute Gasteiger partial charge is 0.394 e. The van der Waals surface area contributed by atoms with Crippen molar-refractivity contribution in [1.29, 1.82) is 0 Å². The molecule has 0 fully saturated rings. The van der Waals surface area contributed by atoms with Crippen LogP contribution in [0.3, 0.4) is 0 Å². The van der Waals surface area contributed by atoms with Crippen LogP contribution in [0, 0.1) is 0 Å². The minimum absolute atomic E-state index is 0.127. The van der Waals surface area contributed by atoms with E-state index in [9.17, 15) is 14.7 Å². The molecule has 6 heteroatoms. The van der Waals surface area contributed by atoms with E-state index in [1.54, 1.807) is 24.3 Å². The van der Waals surface area contributed by atoms with Crippen LogP contribution in [0.5, 0.6) is 0 Å². The van der Waals surface area contributed by atoms with Gasteiger partial charge in [0.2, 0.25) is 0 Å². The third-order valence-corrected chi connectivity index (χ3v) is 3.54. The summed E-state index contributed by atoms with van der Waals surface area (Å²) < 4.78 is 3.98. The van der Waals surface area contributed by atoms with E-state index in [0.29, 0.717) is 18.7 Å². The van der Waals surface area contributed by atoms with Crippen molar-refractivity contribution >= 4 is 0 Å². The topological polar surface area (TPSA) is 69.2 Å². The Bertz CT molecular complexity index is 696. The van der Waals surface area contributed by atoms with Gasteiger partial charge in [0, 0.05) is 6.54 Å². The molecule has 6 nitrogen and oxygen atoms in total. The number of benzene rings is 1. The molecule has 1 aliphatic rings. The number of aliphatic hydroxyl groups excluding tert-OH is 1. The van der Waals surface area contributed by atoms with Crippen LogP contribution in [0.1, 0.15) is 18.9 Å². The molecule has 0 bridgehead atoms. The average Bonchev–Trinajstić information content (AvgIpc) is 2.72. The maximum absolute atomic E-state index is 12.4. The molecular formula is C13H15N3O3. The van der Waals surface area contributed by atoms with E-state index in [1.807, 2.05) is 6.07 Å². The van der Waals surface area contributed by atoms with Crippen LogP contribution in [-0.2, 0) is 6.54 Å². The van der Waals surface area contributed by atoms with Crippen molar-refractivity contribution in [2.45, 2.75) is 25.4 Å². The zero-order chi connectivity index (χ0) is 13.4. The van der Waals surface area contributed by atoms with Gasteiger partial charge in [0.15, 0.2) is 0 Å². The first-order valence-electron chi connectivity index (χ1n) is 6.34. The number of hydrogen-bond acceptors (Lipinski definition) is 3. The van der Waals surface area contributed by atoms with Gasteiger partial charge in [0.05, 0.1) is 18.3 Å². The fraction of sp³-hybridized carbons (Fsp3) is 0.385. The summed E-state index contributed by atoms with van der Waals surface area (Å²) in [5, 5.41) is 9.35. The molecule has 0 unspecified atom stereocenters. The van der Waals surface area contributed by atoms with Crippen molar-refractivity contribution in [1.82, 2.24) is 13.9 Å². The van der Waals surface area contributed by atoms with Gasteiger partial charge in [-0.15, -0.1) is 0 Å². The average molecular weight is 261 g/mol. The molecule has 3 rings (SSSR count). The van der Waals surface area contributed by atoms with Crippen molar-refractivity contribution in [2.24, 2.45) is 0 Å². The Morgan fingerprint density at radius 2 is 1.89 bits per heavy atom. The molecule has 0 amide bonds. The highest BCUT2D eigenvalue weighted by atomic mass is 16.3. The molecule has 0 aliphatic carbocycles. The number of aliphatic hydroxyl groups is 1. The summed E-state index contributed by atoms with van der Waals surface area (Å²) in [5.41, 5.74) is -0.159. The second-order valence-corrected chi connectivity index (χ2v) is 4.68. The number of hydrogen-bond donors (Lipinski definition) is 1. The molecule has 1 aromatic heterocycles. The monoisotopic (exact) mass is 261 g/mol. The van der Waals surface area contributed by atoms with Crippen LogP contribution in [0.4, 0.5) is 0 Å². The number of aromatic nitrogens is 3. The van der Waals surface area contributed by atoms with E-state index in [2.05, 4.69) is 0 Å². The normalized spacial score (nSPS) is 18.3. The quantitative estimate of drug-likeness (QED) is 0.835. The number of rotatable bonds is 2. The van der Waals surface area contributed by atoms with E-state index < -0.39 is 0 Å². The zero-order valence-electron chi connectivity index (χ0n) is 10.4. The van der Waals surface area contributed by atoms with E-state index in [4.69, 9.17) is 0 Å². The van der Waals surface area contributed by atoms with Gasteiger partial charge in [-0.2, -0.15) is 0 Å². The lowest BCUT2D eigenvalue weighted by molar-refractivity contribution is 0.164. The van der Waals surface area contributed by atoms with E-state index >= 15 is 0 Å². The zero-order valence-corrected chi connectivity index (χ0v) is 10.4. The molecule has 100 valence electrons. The predicted octanol–water partition coefficient (Wildman–Crippen LogP) is 0.128.